The maximum Gasteiger partial charge on any atom is 0.407 e. The second-order valence-electron chi connectivity index (χ2n) is 9.72. The highest BCUT2D eigenvalue weighted by atomic mass is 16.6. The molecule has 0 radical (unpaired) electrons. The lowest BCUT2D eigenvalue weighted by molar-refractivity contribution is -0.169. The quantitative estimate of drug-likeness (QED) is 0.703. The van der Waals surface area contributed by atoms with Gasteiger partial charge in [-0.15, -0.1) is 0 Å². The Morgan fingerprint density at radius 2 is 1.86 bits per heavy atom. The van der Waals surface area contributed by atoms with Crippen LogP contribution < -0.4 is 5.32 Å². The molecular weight excluding hydrogens is 366 g/mol. The summed E-state index contributed by atoms with van der Waals surface area (Å²) in [5.74, 6) is -0.124. The van der Waals surface area contributed by atoms with Crippen LogP contribution in [-0.2, 0) is 20.7 Å². The Morgan fingerprint density at radius 1 is 1.21 bits per heavy atom. The first kappa shape index (κ1) is 21.7. The van der Waals surface area contributed by atoms with Gasteiger partial charge in [0.2, 0.25) is 0 Å². The number of ether oxygens (including phenoxy) is 2. The zero-order valence-electron chi connectivity index (χ0n) is 18.2. The predicted molar refractivity (Wildman–Crippen MR) is 112 cm³/mol. The zero-order chi connectivity index (χ0) is 21.1. The molecule has 1 saturated carbocycles. The van der Waals surface area contributed by atoms with E-state index in [1.807, 2.05) is 58.0 Å². The lowest BCUT2D eigenvalue weighted by atomic mass is 9.71. The van der Waals surface area contributed by atoms with Crippen molar-refractivity contribution in [3.63, 3.8) is 0 Å². The molecule has 2 aliphatic rings. The summed E-state index contributed by atoms with van der Waals surface area (Å²) in [5, 5.41) is 2.85. The summed E-state index contributed by atoms with van der Waals surface area (Å²) >= 11 is 0. The van der Waals surface area contributed by atoms with Crippen LogP contribution in [0, 0.1) is 11.8 Å². The number of nitrogens with one attached hydrogen (secondary N) is 1. The first-order chi connectivity index (χ1) is 13.7. The van der Waals surface area contributed by atoms with Crippen molar-refractivity contribution in [3.05, 3.63) is 35.9 Å². The second kappa shape index (κ2) is 8.76. The molecule has 0 bridgehead atoms. The topological polar surface area (TPSA) is 64.6 Å². The minimum absolute atomic E-state index is 0.161. The Labute approximate surface area is 174 Å². The lowest BCUT2D eigenvalue weighted by Crippen LogP contribution is -2.52. The largest absolute Gasteiger partial charge is 0.455 e. The summed E-state index contributed by atoms with van der Waals surface area (Å²) in [6.07, 6.45) is 5.83. The van der Waals surface area contributed by atoms with Gasteiger partial charge in [-0.25, -0.2) is 4.79 Å². The van der Waals surface area contributed by atoms with Gasteiger partial charge in [0.25, 0.3) is 0 Å². The van der Waals surface area contributed by atoms with Crippen LogP contribution in [0.1, 0.15) is 71.8 Å². The standard InChI is InChI=1S/C24H35NO4/c1-17(28-22(27)25-23(2,3)4)24(20-13-9-6-10-14-20)16-19(21(26)29-24)15-18-11-7-5-8-12-18/h5,7-8,11-12,17,19-20H,6,9-10,13-16H2,1-4H3,(H,25,27). The Hall–Kier alpha value is -2.04. The van der Waals surface area contributed by atoms with Crippen LogP contribution in [-0.4, -0.2) is 29.3 Å². The number of carbonyl (C=O) groups is 2. The van der Waals surface area contributed by atoms with Gasteiger partial charge in [0.15, 0.2) is 5.60 Å². The normalized spacial score (nSPS) is 26.6. The van der Waals surface area contributed by atoms with Gasteiger partial charge in [-0.05, 0) is 52.5 Å². The monoisotopic (exact) mass is 401 g/mol. The number of carbonyl (C=O) groups excluding carboxylic acids is 2. The first-order valence-corrected chi connectivity index (χ1v) is 11.0. The van der Waals surface area contributed by atoms with E-state index in [0.29, 0.717) is 12.8 Å². The highest BCUT2D eigenvalue weighted by Crippen LogP contribution is 2.47. The molecule has 0 aromatic heterocycles. The summed E-state index contributed by atoms with van der Waals surface area (Å²) in [4.78, 5) is 25.3. The molecule has 1 aromatic rings. The Morgan fingerprint density at radius 3 is 2.48 bits per heavy atom. The SMILES string of the molecule is CC(OC(=O)NC(C)(C)C)C1(C2CCCCC2)CC(Cc2ccccc2)C(=O)O1. The molecular formula is C24H35NO4. The molecule has 1 N–H and O–H groups in total. The van der Waals surface area contributed by atoms with Crippen molar-refractivity contribution < 1.29 is 19.1 Å². The third-order valence-corrected chi connectivity index (χ3v) is 6.26. The van der Waals surface area contributed by atoms with Crippen molar-refractivity contribution in [2.75, 3.05) is 0 Å². The molecule has 1 aromatic carbocycles. The van der Waals surface area contributed by atoms with Crippen molar-refractivity contribution in [1.29, 1.82) is 0 Å². The van der Waals surface area contributed by atoms with E-state index in [1.54, 1.807) is 0 Å². The molecule has 3 rings (SSSR count). The second-order valence-corrected chi connectivity index (χ2v) is 9.72. The van der Waals surface area contributed by atoms with E-state index in [1.165, 1.54) is 6.42 Å². The first-order valence-electron chi connectivity index (χ1n) is 11.0. The molecule has 1 saturated heterocycles. The van der Waals surface area contributed by atoms with E-state index in [9.17, 15) is 9.59 Å². The highest BCUT2D eigenvalue weighted by molar-refractivity contribution is 5.76. The molecule has 1 aliphatic carbocycles. The van der Waals surface area contributed by atoms with Crippen molar-refractivity contribution in [2.45, 2.75) is 89.9 Å². The van der Waals surface area contributed by atoms with Crippen LogP contribution in [0.5, 0.6) is 0 Å². The van der Waals surface area contributed by atoms with Gasteiger partial charge in [-0.1, -0.05) is 49.6 Å². The van der Waals surface area contributed by atoms with Crippen LogP contribution in [0.3, 0.4) is 0 Å². The van der Waals surface area contributed by atoms with E-state index >= 15 is 0 Å². The van der Waals surface area contributed by atoms with Gasteiger partial charge >= 0.3 is 12.1 Å². The van der Waals surface area contributed by atoms with E-state index in [2.05, 4.69) is 5.32 Å². The molecule has 1 heterocycles. The third kappa shape index (κ3) is 5.31. The van der Waals surface area contributed by atoms with Crippen molar-refractivity contribution in [1.82, 2.24) is 5.32 Å². The fourth-order valence-corrected chi connectivity index (χ4v) is 4.85. The van der Waals surface area contributed by atoms with E-state index in [4.69, 9.17) is 9.47 Å². The number of hydrogen-bond donors (Lipinski definition) is 1. The smallest absolute Gasteiger partial charge is 0.407 e. The molecule has 5 nitrogen and oxygen atoms in total. The maximum absolute atomic E-state index is 12.9. The average molecular weight is 402 g/mol. The van der Waals surface area contributed by atoms with Gasteiger partial charge in [0.05, 0.1) is 5.92 Å². The fourth-order valence-electron chi connectivity index (χ4n) is 4.85. The number of amides is 1. The third-order valence-electron chi connectivity index (χ3n) is 6.26. The lowest BCUT2D eigenvalue weighted by Gasteiger charge is -2.42. The van der Waals surface area contributed by atoms with E-state index < -0.39 is 17.8 Å². The zero-order valence-corrected chi connectivity index (χ0v) is 18.2. The van der Waals surface area contributed by atoms with Crippen LogP contribution in [0.15, 0.2) is 30.3 Å². The van der Waals surface area contributed by atoms with Crippen LogP contribution in [0.25, 0.3) is 0 Å². The minimum Gasteiger partial charge on any atom is -0.455 e. The number of rotatable bonds is 5. The van der Waals surface area contributed by atoms with Gasteiger partial charge in [0, 0.05) is 17.9 Å². The maximum atomic E-state index is 12.9. The van der Waals surface area contributed by atoms with Crippen molar-refractivity contribution >= 4 is 12.1 Å². The Balaban J connectivity index is 1.79. The molecule has 5 heteroatoms. The van der Waals surface area contributed by atoms with Gasteiger partial charge in [0.1, 0.15) is 6.10 Å². The predicted octanol–water partition coefficient (Wildman–Crippen LogP) is 5.02. The number of benzene rings is 1. The van der Waals surface area contributed by atoms with Crippen LogP contribution >= 0.6 is 0 Å². The Kier molecular flexibility index (Phi) is 6.55. The minimum atomic E-state index is -0.730. The van der Waals surface area contributed by atoms with Crippen molar-refractivity contribution in [2.24, 2.45) is 11.8 Å². The van der Waals surface area contributed by atoms with Crippen molar-refractivity contribution in [3.8, 4) is 0 Å². The number of esters is 1. The molecule has 160 valence electrons. The summed E-state index contributed by atoms with van der Waals surface area (Å²) in [6.45, 7) is 7.64. The summed E-state index contributed by atoms with van der Waals surface area (Å²) in [7, 11) is 0. The average Bonchev–Trinajstić information content (AvgIpc) is 2.99. The number of cyclic esters (lactones) is 1. The fraction of sp³-hybridized carbons (Fsp3) is 0.667. The summed E-state index contributed by atoms with van der Waals surface area (Å²) < 4.78 is 11.9. The van der Waals surface area contributed by atoms with Crippen LogP contribution in [0.2, 0.25) is 0 Å². The molecule has 1 aliphatic heterocycles. The summed E-state index contributed by atoms with van der Waals surface area (Å²) in [6, 6.07) is 10.1. The molecule has 29 heavy (non-hydrogen) atoms. The molecule has 1 amide bonds. The van der Waals surface area contributed by atoms with Crippen LogP contribution in [0.4, 0.5) is 4.79 Å². The van der Waals surface area contributed by atoms with Gasteiger partial charge < -0.3 is 14.8 Å². The Bertz CT molecular complexity index is 705. The molecule has 3 atom stereocenters. The van der Waals surface area contributed by atoms with Gasteiger partial charge in [-0.3, -0.25) is 4.79 Å². The van der Waals surface area contributed by atoms with Gasteiger partial charge in [-0.2, -0.15) is 0 Å². The molecule has 3 unspecified atom stereocenters. The number of alkyl carbamates (subject to hydrolysis) is 1. The summed E-state index contributed by atoms with van der Waals surface area (Å²) in [5.41, 5.74) is 0.0244. The number of hydrogen-bond acceptors (Lipinski definition) is 4. The molecule has 2 fully saturated rings. The highest BCUT2D eigenvalue weighted by Gasteiger charge is 2.56. The van der Waals surface area contributed by atoms with E-state index in [0.717, 1.165) is 31.2 Å². The van der Waals surface area contributed by atoms with E-state index in [-0.39, 0.29) is 23.3 Å². The molecule has 0 spiro atoms.